The number of sulfonamides is 1. The van der Waals surface area contributed by atoms with Crippen LogP contribution in [0.3, 0.4) is 0 Å². The van der Waals surface area contributed by atoms with Crippen LogP contribution in [0.4, 0.5) is 5.69 Å². The maximum atomic E-state index is 13.0. The Kier molecular flexibility index (Phi) is 4.65. The molecular weight excluding hydrogens is 444 g/mol. The van der Waals surface area contributed by atoms with Crippen molar-refractivity contribution in [1.82, 2.24) is 13.7 Å². The number of guanidine groups is 1. The maximum absolute atomic E-state index is 13.0. The quantitative estimate of drug-likeness (QED) is 0.466. The van der Waals surface area contributed by atoms with Crippen LogP contribution >= 0.6 is 0 Å². The van der Waals surface area contributed by atoms with Gasteiger partial charge in [-0.3, -0.25) is 4.79 Å². The van der Waals surface area contributed by atoms with Crippen molar-refractivity contribution < 1.29 is 17.9 Å². The van der Waals surface area contributed by atoms with Crippen molar-refractivity contribution >= 4 is 33.1 Å². The topological polar surface area (TPSA) is 124 Å². The number of nitrogens with two attached hydrogens (primary N) is 1. The first kappa shape index (κ1) is 21.0. The van der Waals surface area contributed by atoms with Crippen LogP contribution in [-0.2, 0) is 22.0 Å². The minimum atomic E-state index is -3.64. The summed E-state index contributed by atoms with van der Waals surface area (Å²) in [5, 5.41) is 0. The molecule has 0 bridgehead atoms. The third kappa shape index (κ3) is 3.48. The highest BCUT2D eigenvalue weighted by atomic mass is 32.2. The molecule has 1 spiro atoms. The largest absolute Gasteiger partial charge is 0.493 e. The average Bonchev–Trinajstić information content (AvgIpc) is 3.21. The summed E-state index contributed by atoms with van der Waals surface area (Å²) in [6, 6.07) is 8.62. The molecule has 0 amide bonds. The van der Waals surface area contributed by atoms with Gasteiger partial charge in [0.2, 0.25) is 21.7 Å². The van der Waals surface area contributed by atoms with Crippen LogP contribution in [0, 0.1) is 6.57 Å². The molecule has 2 N–H and O–H groups in total. The summed E-state index contributed by atoms with van der Waals surface area (Å²) >= 11 is 0. The lowest BCUT2D eigenvalue weighted by Gasteiger charge is -2.40. The Morgan fingerprint density at radius 3 is 2.88 bits per heavy atom. The predicted octanol–water partition coefficient (Wildman–Crippen LogP) is 1.88. The van der Waals surface area contributed by atoms with Crippen LogP contribution in [0.5, 0.6) is 5.75 Å². The molecule has 0 unspecified atom stereocenters. The Labute approximate surface area is 190 Å². The number of Topliss-reactive ketones (excluding diaryl/α,β-unsaturated/α-hetero) is 1. The van der Waals surface area contributed by atoms with Gasteiger partial charge in [0, 0.05) is 37.8 Å². The number of aromatic nitrogens is 2. The van der Waals surface area contributed by atoms with Gasteiger partial charge in [0.1, 0.15) is 22.6 Å². The predicted molar refractivity (Wildman–Crippen MR) is 121 cm³/mol. The molecule has 11 heteroatoms. The van der Waals surface area contributed by atoms with Crippen LogP contribution in [-0.4, -0.2) is 53.3 Å². The Morgan fingerprint density at radius 1 is 1.30 bits per heavy atom. The van der Waals surface area contributed by atoms with Crippen molar-refractivity contribution in [3.63, 3.8) is 0 Å². The fraction of sp³-hybridized carbons (Fsp3) is 0.273. The van der Waals surface area contributed by atoms with Gasteiger partial charge in [-0.25, -0.2) is 27.5 Å². The van der Waals surface area contributed by atoms with E-state index in [2.05, 4.69) is 14.8 Å². The molecule has 0 aliphatic carbocycles. The molecule has 0 radical (unpaired) electrons. The van der Waals surface area contributed by atoms with Gasteiger partial charge < -0.3 is 14.9 Å². The number of hydrogen-bond acceptors (Lipinski definition) is 7. The van der Waals surface area contributed by atoms with E-state index < -0.39 is 15.6 Å². The van der Waals surface area contributed by atoms with Gasteiger partial charge in [0.15, 0.2) is 5.78 Å². The molecule has 0 saturated heterocycles. The summed E-state index contributed by atoms with van der Waals surface area (Å²) in [5.41, 5.74) is 7.49. The van der Waals surface area contributed by atoms with Gasteiger partial charge in [0.05, 0.1) is 18.9 Å². The lowest BCUT2D eigenvalue weighted by atomic mass is 9.85. The molecule has 10 nitrogen and oxygen atoms in total. The lowest BCUT2D eigenvalue weighted by molar-refractivity contribution is 0.0988. The molecule has 0 saturated carbocycles. The van der Waals surface area contributed by atoms with Crippen LogP contribution < -0.4 is 10.5 Å². The standard InChI is InChI=1S/C22H20N6O4S/c1-24-15-4-6-20-25-17(12-28(20)11-15)18(29)10-14-3-5-19-16(9-14)22(7-8-32-19)13-33(30,31)27(2)21(23)26-22/h3-6,9,11-12H,7-8,10,13H2,2H3,(H2,23,26)/t22-/m0/s1. The Morgan fingerprint density at radius 2 is 2.12 bits per heavy atom. The number of pyridine rings is 1. The molecule has 0 fully saturated rings. The fourth-order valence-corrected chi connectivity index (χ4v) is 5.71. The first-order chi connectivity index (χ1) is 15.7. The number of benzene rings is 1. The molecule has 1 aromatic carbocycles. The molecule has 3 aromatic rings. The first-order valence-electron chi connectivity index (χ1n) is 10.2. The lowest BCUT2D eigenvalue weighted by Crippen LogP contribution is -2.52. The van der Waals surface area contributed by atoms with E-state index in [1.807, 2.05) is 0 Å². The van der Waals surface area contributed by atoms with Crippen LogP contribution in [0.2, 0.25) is 0 Å². The van der Waals surface area contributed by atoms with Gasteiger partial charge in [-0.15, -0.1) is 0 Å². The molecule has 2 aliphatic heterocycles. The molecule has 1 atom stereocenters. The van der Waals surface area contributed by atoms with Crippen molar-refractivity contribution in [2.45, 2.75) is 18.4 Å². The van der Waals surface area contributed by atoms with Crippen LogP contribution in [0.25, 0.3) is 10.5 Å². The third-order valence-corrected chi connectivity index (χ3v) is 7.89. The monoisotopic (exact) mass is 464 g/mol. The zero-order valence-electron chi connectivity index (χ0n) is 17.7. The molecule has 5 rings (SSSR count). The first-order valence-corrected chi connectivity index (χ1v) is 11.8. The number of carbonyl (C=O) groups excluding carboxylic acids is 1. The number of hydrogen-bond donors (Lipinski definition) is 1. The van der Waals surface area contributed by atoms with E-state index in [0.717, 1.165) is 4.31 Å². The van der Waals surface area contributed by atoms with Crippen molar-refractivity contribution in [2.24, 2.45) is 10.7 Å². The second-order valence-electron chi connectivity index (χ2n) is 8.14. The summed E-state index contributed by atoms with van der Waals surface area (Å²) in [6.07, 6.45) is 3.65. The molecule has 2 aliphatic rings. The van der Waals surface area contributed by atoms with Crippen LogP contribution in [0.15, 0.2) is 47.7 Å². The van der Waals surface area contributed by atoms with Gasteiger partial charge in [-0.05, 0) is 23.8 Å². The van der Waals surface area contributed by atoms with E-state index in [4.69, 9.17) is 17.0 Å². The third-order valence-electron chi connectivity index (χ3n) is 6.02. The van der Waals surface area contributed by atoms with Crippen molar-refractivity contribution in [2.75, 3.05) is 19.4 Å². The van der Waals surface area contributed by atoms with Crippen molar-refractivity contribution in [3.8, 4) is 5.75 Å². The molecule has 2 aromatic heterocycles. The summed E-state index contributed by atoms with van der Waals surface area (Å²) in [7, 11) is -2.26. The number of ether oxygens (including phenoxy) is 1. The Bertz CT molecular complexity index is 1490. The van der Waals surface area contributed by atoms with Gasteiger partial charge in [0.25, 0.3) is 0 Å². The van der Waals surface area contributed by atoms with Crippen molar-refractivity contribution in [3.05, 3.63) is 71.0 Å². The number of ketones is 1. The average molecular weight is 465 g/mol. The summed E-state index contributed by atoms with van der Waals surface area (Å²) in [5.74, 6) is 0.0425. The smallest absolute Gasteiger partial charge is 0.239 e. The van der Waals surface area contributed by atoms with Gasteiger partial charge >= 0.3 is 0 Å². The number of nitrogens with zero attached hydrogens (tertiary/aromatic N) is 5. The SMILES string of the molecule is [C-]#[N+]c1ccc2nc(C(=O)Cc3ccc4c(c3)[C@]3(CCO4)CS(=O)(=O)N(C)C(N)=N3)cn2c1. The number of fused-ring (bicyclic) bond motifs is 3. The number of imidazole rings is 1. The molecule has 168 valence electrons. The van der Waals surface area contributed by atoms with E-state index >= 15 is 0 Å². The van der Waals surface area contributed by atoms with Crippen molar-refractivity contribution in [1.29, 1.82) is 0 Å². The van der Waals surface area contributed by atoms with E-state index in [1.165, 1.54) is 7.05 Å². The van der Waals surface area contributed by atoms with E-state index in [-0.39, 0.29) is 29.6 Å². The van der Waals surface area contributed by atoms with E-state index in [9.17, 15) is 13.2 Å². The number of rotatable bonds is 3. The Hall–Kier alpha value is -3.91. The zero-order chi connectivity index (χ0) is 23.4. The van der Waals surface area contributed by atoms with Gasteiger partial charge in [-0.2, -0.15) is 0 Å². The van der Waals surface area contributed by atoms with Crippen LogP contribution in [0.1, 0.15) is 28.0 Å². The van der Waals surface area contributed by atoms with Gasteiger partial charge in [-0.1, -0.05) is 12.1 Å². The summed E-state index contributed by atoms with van der Waals surface area (Å²) in [4.78, 5) is 25.2. The summed E-state index contributed by atoms with van der Waals surface area (Å²) in [6.45, 7) is 7.44. The minimum Gasteiger partial charge on any atom is -0.493 e. The van der Waals surface area contributed by atoms with E-state index in [1.54, 1.807) is 47.1 Å². The highest BCUT2D eigenvalue weighted by Crippen LogP contribution is 2.43. The van der Waals surface area contributed by atoms with E-state index in [0.29, 0.717) is 41.2 Å². The normalized spacial score (nSPS) is 21.2. The number of aliphatic imine (C=N–C) groups is 1. The zero-order valence-corrected chi connectivity index (χ0v) is 18.5. The maximum Gasteiger partial charge on any atom is 0.239 e. The molecule has 33 heavy (non-hydrogen) atoms. The second-order valence-corrected chi connectivity index (χ2v) is 10.1. The number of carbonyl (C=O) groups is 1. The fourth-order valence-electron chi connectivity index (χ4n) is 4.23. The molecule has 4 heterocycles. The Balaban J connectivity index is 1.49. The highest BCUT2D eigenvalue weighted by Gasteiger charge is 2.47. The second kappa shape index (κ2) is 7.31. The molecular formula is C22H20N6O4S. The highest BCUT2D eigenvalue weighted by molar-refractivity contribution is 7.89. The minimum absolute atomic E-state index is 0.0643. The summed E-state index contributed by atoms with van der Waals surface area (Å²) < 4.78 is 33.8.